The van der Waals surface area contributed by atoms with Crippen LogP contribution in [0.4, 0.5) is 4.39 Å². The number of carbonyl (C=O) groups is 1. The lowest BCUT2D eigenvalue weighted by Crippen LogP contribution is -2.35. The van der Waals surface area contributed by atoms with Gasteiger partial charge >= 0.3 is 0 Å². The van der Waals surface area contributed by atoms with Gasteiger partial charge in [-0.3, -0.25) is 9.59 Å². The molecule has 0 aliphatic carbocycles. The van der Waals surface area contributed by atoms with Crippen LogP contribution in [0.1, 0.15) is 27.3 Å². The van der Waals surface area contributed by atoms with Crippen LogP contribution in [0.2, 0.25) is 0 Å². The lowest BCUT2D eigenvalue weighted by atomic mass is 10.1. The smallest absolute Gasteiger partial charge is 0.279 e. The Hall–Kier alpha value is -4.06. The molecule has 4 aromatic rings. The van der Waals surface area contributed by atoms with E-state index in [0.29, 0.717) is 18.8 Å². The zero-order chi connectivity index (χ0) is 22.5. The molecular weight excluding hydrogens is 405 g/mol. The Morgan fingerprint density at radius 2 is 1.41 bits per heavy atom. The zero-order valence-corrected chi connectivity index (χ0v) is 17.6. The van der Waals surface area contributed by atoms with Crippen molar-refractivity contribution in [1.82, 2.24) is 14.7 Å². The number of amides is 1. The summed E-state index contributed by atoms with van der Waals surface area (Å²) in [6.07, 6.45) is 0. The fraction of sp³-hybridized carbons (Fsp3) is 0.115. The molecule has 0 aliphatic rings. The molecule has 4 rings (SSSR count). The van der Waals surface area contributed by atoms with Gasteiger partial charge in [-0.1, -0.05) is 72.8 Å². The zero-order valence-electron chi connectivity index (χ0n) is 17.6. The highest BCUT2D eigenvalue weighted by Crippen LogP contribution is 2.16. The van der Waals surface area contributed by atoms with Crippen LogP contribution in [0, 0.1) is 12.7 Å². The van der Waals surface area contributed by atoms with E-state index in [4.69, 9.17) is 0 Å². The van der Waals surface area contributed by atoms with Crippen LogP contribution in [0.15, 0.2) is 95.8 Å². The number of para-hydroxylation sites is 1. The molecule has 0 saturated heterocycles. The van der Waals surface area contributed by atoms with Gasteiger partial charge in [0.2, 0.25) is 5.43 Å². The first kappa shape index (κ1) is 21.2. The van der Waals surface area contributed by atoms with Crippen LogP contribution in [0.25, 0.3) is 5.69 Å². The standard InChI is InChI=1S/C26H22FN3O2/c1-19-16-24(31)25(28-30(19)23-15-9-8-14-22(23)27)26(32)29(17-20-10-4-2-5-11-20)18-21-12-6-3-7-13-21/h2-16H,17-18H2,1H3. The number of halogens is 1. The third-order valence-electron chi connectivity index (χ3n) is 5.11. The molecule has 0 bridgehead atoms. The SMILES string of the molecule is Cc1cc(=O)c(C(=O)N(Cc2ccccc2)Cc2ccccc2)nn1-c1ccccc1F. The van der Waals surface area contributed by atoms with Crippen molar-refractivity contribution >= 4 is 5.91 Å². The van der Waals surface area contributed by atoms with Crippen molar-refractivity contribution < 1.29 is 9.18 Å². The number of nitrogens with zero attached hydrogens (tertiary/aromatic N) is 3. The number of hydrogen-bond acceptors (Lipinski definition) is 3. The number of aryl methyl sites for hydroxylation is 1. The van der Waals surface area contributed by atoms with Crippen LogP contribution in [0.5, 0.6) is 0 Å². The first-order valence-electron chi connectivity index (χ1n) is 10.3. The molecule has 0 spiro atoms. The fourth-order valence-electron chi connectivity index (χ4n) is 3.52. The molecule has 1 aromatic heterocycles. The largest absolute Gasteiger partial charge is 0.328 e. The molecule has 0 unspecified atom stereocenters. The number of rotatable bonds is 6. The molecule has 5 nitrogen and oxygen atoms in total. The predicted octanol–water partition coefficient (Wildman–Crippen LogP) is 4.52. The van der Waals surface area contributed by atoms with Crippen molar-refractivity contribution in [2.45, 2.75) is 20.0 Å². The summed E-state index contributed by atoms with van der Waals surface area (Å²) in [7, 11) is 0. The topological polar surface area (TPSA) is 55.2 Å². The number of benzene rings is 3. The molecule has 1 amide bonds. The van der Waals surface area contributed by atoms with Gasteiger partial charge < -0.3 is 4.90 Å². The van der Waals surface area contributed by atoms with E-state index in [1.54, 1.807) is 30.0 Å². The average molecular weight is 427 g/mol. The summed E-state index contributed by atoms with van der Waals surface area (Å²) in [5.41, 5.74) is 1.74. The van der Waals surface area contributed by atoms with E-state index in [2.05, 4.69) is 5.10 Å². The Morgan fingerprint density at radius 1 is 0.875 bits per heavy atom. The summed E-state index contributed by atoms with van der Waals surface area (Å²) in [5.74, 6) is -0.997. The fourth-order valence-corrected chi connectivity index (χ4v) is 3.52. The van der Waals surface area contributed by atoms with E-state index in [-0.39, 0.29) is 11.4 Å². The molecule has 0 aliphatic heterocycles. The minimum atomic E-state index is -0.507. The van der Waals surface area contributed by atoms with Crippen molar-refractivity contribution in [3.8, 4) is 5.69 Å². The van der Waals surface area contributed by atoms with Crippen LogP contribution in [0.3, 0.4) is 0 Å². The van der Waals surface area contributed by atoms with Gasteiger partial charge in [0.05, 0.1) is 0 Å². The van der Waals surface area contributed by atoms with Gasteiger partial charge in [0.25, 0.3) is 5.91 Å². The monoisotopic (exact) mass is 427 g/mol. The van der Waals surface area contributed by atoms with Crippen molar-refractivity contribution in [3.63, 3.8) is 0 Å². The van der Waals surface area contributed by atoms with Crippen molar-refractivity contribution in [2.24, 2.45) is 0 Å². The second-order valence-corrected chi connectivity index (χ2v) is 7.49. The van der Waals surface area contributed by atoms with Gasteiger partial charge in [-0.2, -0.15) is 5.10 Å². The van der Waals surface area contributed by atoms with Crippen LogP contribution in [-0.2, 0) is 13.1 Å². The highest BCUT2D eigenvalue weighted by Gasteiger charge is 2.23. The normalized spacial score (nSPS) is 10.7. The lowest BCUT2D eigenvalue weighted by Gasteiger charge is -2.23. The first-order chi connectivity index (χ1) is 15.5. The molecule has 0 fully saturated rings. The quantitative estimate of drug-likeness (QED) is 0.455. The lowest BCUT2D eigenvalue weighted by molar-refractivity contribution is 0.0720. The molecular formula is C26H22FN3O2. The summed E-state index contributed by atoms with van der Waals surface area (Å²) >= 11 is 0. The van der Waals surface area contributed by atoms with Crippen molar-refractivity contribution in [2.75, 3.05) is 0 Å². The number of hydrogen-bond donors (Lipinski definition) is 0. The third kappa shape index (κ3) is 4.64. The number of carbonyl (C=O) groups excluding carboxylic acids is 1. The summed E-state index contributed by atoms with van der Waals surface area (Å²) in [5, 5.41) is 4.28. The highest BCUT2D eigenvalue weighted by atomic mass is 19.1. The van der Waals surface area contributed by atoms with E-state index in [0.717, 1.165) is 11.1 Å². The Bertz CT molecular complexity index is 1250. The third-order valence-corrected chi connectivity index (χ3v) is 5.11. The van der Waals surface area contributed by atoms with Gasteiger partial charge in [-0.15, -0.1) is 0 Å². The van der Waals surface area contributed by atoms with Crippen LogP contribution in [-0.4, -0.2) is 20.6 Å². The van der Waals surface area contributed by atoms with E-state index < -0.39 is 17.2 Å². The summed E-state index contributed by atoms with van der Waals surface area (Å²) < 4.78 is 15.7. The molecule has 32 heavy (non-hydrogen) atoms. The Labute approximate surface area is 185 Å². The molecule has 0 radical (unpaired) electrons. The summed E-state index contributed by atoms with van der Waals surface area (Å²) in [6.45, 7) is 2.27. The van der Waals surface area contributed by atoms with E-state index in [1.807, 2.05) is 60.7 Å². The molecule has 0 saturated carbocycles. The minimum Gasteiger partial charge on any atom is -0.328 e. The van der Waals surface area contributed by atoms with Gasteiger partial charge in [0.15, 0.2) is 5.69 Å². The summed E-state index contributed by atoms with van der Waals surface area (Å²) in [4.78, 5) is 27.8. The predicted molar refractivity (Wildman–Crippen MR) is 121 cm³/mol. The molecule has 0 N–H and O–H groups in total. The maximum atomic E-state index is 14.4. The first-order valence-corrected chi connectivity index (χ1v) is 10.3. The molecule has 0 atom stereocenters. The average Bonchev–Trinajstić information content (AvgIpc) is 2.80. The van der Waals surface area contributed by atoms with Gasteiger partial charge in [0.1, 0.15) is 11.5 Å². The van der Waals surface area contributed by atoms with Gasteiger partial charge in [0, 0.05) is 24.8 Å². The number of aromatic nitrogens is 2. The molecule has 1 heterocycles. The van der Waals surface area contributed by atoms with E-state index in [1.165, 1.54) is 16.8 Å². The highest BCUT2D eigenvalue weighted by molar-refractivity contribution is 5.92. The van der Waals surface area contributed by atoms with E-state index in [9.17, 15) is 14.0 Å². The van der Waals surface area contributed by atoms with Crippen LogP contribution < -0.4 is 5.43 Å². The Balaban J connectivity index is 1.75. The maximum absolute atomic E-state index is 14.4. The second kappa shape index (κ2) is 9.39. The second-order valence-electron chi connectivity index (χ2n) is 7.49. The molecule has 160 valence electrons. The van der Waals surface area contributed by atoms with Crippen LogP contribution >= 0.6 is 0 Å². The van der Waals surface area contributed by atoms with E-state index >= 15 is 0 Å². The van der Waals surface area contributed by atoms with Gasteiger partial charge in [-0.25, -0.2) is 9.07 Å². The Morgan fingerprint density at radius 3 is 1.97 bits per heavy atom. The minimum absolute atomic E-state index is 0.178. The van der Waals surface area contributed by atoms with Gasteiger partial charge in [-0.05, 0) is 30.2 Å². The van der Waals surface area contributed by atoms with Crippen molar-refractivity contribution in [1.29, 1.82) is 0 Å². The molecule has 3 aromatic carbocycles. The maximum Gasteiger partial charge on any atom is 0.279 e. The Kier molecular flexibility index (Phi) is 6.22. The molecule has 6 heteroatoms. The van der Waals surface area contributed by atoms with Crippen molar-refractivity contribution in [3.05, 3.63) is 130 Å². The summed E-state index contributed by atoms with van der Waals surface area (Å²) in [6, 6.07) is 26.5.